The lowest BCUT2D eigenvalue weighted by Gasteiger charge is -2.16. The summed E-state index contributed by atoms with van der Waals surface area (Å²) in [5.41, 5.74) is 2.64. The van der Waals surface area contributed by atoms with Gasteiger partial charge in [-0.1, -0.05) is 36.4 Å². The molecule has 1 heterocycles. The Morgan fingerprint density at radius 2 is 1.75 bits per heavy atom. The van der Waals surface area contributed by atoms with Gasteiger partial charge in [-0.05, 0) is 18.2 Å². The van der Waals surface area contributed by atoms with Crippen LogP contribution in [-0.2, 0) is 11.2 Å². The minimum Gasteiger partial charge on any atom is -0.464 e. The third-order valence-electron chi connectivity index (χ3n) is 3.42. The first-order valence-corrected chi connectivity index (χ1v) is 6.52. The van der Waals surface area contributed by atoms with Crippen molar-refractivity contribution in [1.82, 2.24) is 0 Å². The number of furan rings is 1. The van der Waals surface area contributed by atoms with Crippen molar-refractivity contribution in [1.29, 1.82) is 0 Å². The van der Waals surface area contributed by atoms with E-state index in [0.717, 1.165) is 22.2 Å². The van der Waals surface area contributed by atoms with Crippen LogP contribution in [-0.4, -0.2) is 13.0 Å². The van der Waals surface area contributed by atoms with E-state index >= 15 is 0 Å². The topological polar surface area (TPSA) is 33.5 Å². The second-order valence-electron chi connectivity index (χ2n) is 4.72. The van der Waals surface area contributed by atoms with Crippen molar-refractivity contribution in [2.45, 2.75) is 6.42 Å². The molecule has 0 aliphatic rings. The highest BCUT2D eigenvalue weighted by Gasteiger charge is 2.14. The van der Waals surface area contributed by atoms with Crippen molar-refractivity contribution in [3.8, 4) is 0 Å². The number of rotatable bonds is 3. The Balaban J connectivity index is 1.82. The SMILES string of the molecule is CN(C(=O)Cc1coc2ccccc12)c1ccccc1. The molecule has 0 N–H and O–H groups in total. The first kappa shape index (κ1) is 12.5. The van der Waals surface area contributed by atoms with Crippen LogP contribution in [0, 0.1) is 0 Å². The molecule has 3 aromatic rings. The van der Waals surface area contributed by atoms with Crippen LogP contribution in [0.15, 0.2) is 65.3 Å². The van der Waals surface area contributed by atoms with Crippen LogP contribution in [0.5, 0.6) is 0 Å². The van der Waals surface area contributed by atoms with Gasteiger partial charge >= 0.3 is 0 Å². The van der Waals surface area contributed by atoms with Gasteiger partial charge in [0.1, 0.15) is 5.58 Å². The molecule has 3 rings (SSSR count). The largest absolute Gasteiger partial charge is 0.464 e. The average molecular weight is 265 g/mol. The zero-order valence-electron chi connectivity index (χ0n) is 11.2. The number of carbonyl (C=O) groups is 1. The smallest absolute Gasteiger partial charge is 0.231 e. The fourth-order valence-corrected chi connectivity index (χ4v) is 2.25. The predicted octanol–water partition coefficient (Wildman–Crippen LogP) is 3.64. The molecule has 0 aliphatic carbocycles. The standard InChI is InChI=1S/C17H15NO2/c1-18(14-7-3-2-4-8-14)17(19)11-13-12-20-16-10-6-5-9-15(13)16/h2-10,12H,11H2,1H3. The fraction of sp³-hybridized carbons (Fsp3) is 0.118. The predicted molar refractivity (Wildman–Crippen MR) is 79.8 cm³/mol. The molecule has 0 fully saturated rings. The lowest BCUT2D eigenvalue weighted by Crippen LogP contribution is -2.27. The Kier molecular flexibility index (Phi) is 3.25. The minimum absolute atomic E-state index is 0.0442. The van der Waals surface area contributed by atoms with E-state index in [1.165, 1.54) is 0 Å². The Morgan fingerprint density at radius 1 is 1.05 bits per heavy atom. The van der Waals surface area contributed by atoms with Crippen molar-refractivity contribution in [3.63, 3.8) is 0 Å². The summed E-state index contributed by atoms with van der Waals surface area (Å²) < 4.78 is 5.46. The average Bonchev–Trinajstić information content (AvgIpc) is 2.91. The van der Waals surface area contributed by atoms with Crippen molar-refractivity contribution >= 4 is 22.6 Å². The van der Waals surface area contributed by atoms with Gasteiger partial charge in [0.25, 0.3) is 0 Å². The number of para-hydroxylation sites is 2. The van der Waals surface area contributed by atoms with E-state index in [0.29, 0.717) is 6.42 Å². The van der Waals surface area contributed by atoms with Crippen molar-refractivity contribution in [3.05, 3.63) is 66.4 Å². The van der Waals surface area contributed by atoms with Crippen LogP contribution in [0.2, 0.25) is 0 Å². The van der Waals surface area contributed by atoms with E-state index in [4.69, 9.17) is 4.42 Å². The number of fused-ring (bicyclic) bond motifs is 1. The molecule has 0 spiro atoms. The van der Waals surface area contributed by atoms with E-state index in [2.05, 4.69) is 0 Å². The van der Waals surface area contributed by atoms with Crippen LogP contribution >= 0.6 is 0 Å². The van der Waals surface area contributed by atoms with Crippen LogP contribution in [0.1, 0.15) is 5.56 Å². The summed E-state index contributed by atoms with van der Waals surface area (Å²) in [7, 11) is 1.79. The molecule has 1 aromatic heterocycles. The van der Waals surface area contributed by atoms with Gasteiger partial charge in [-0.25, -0.2) is 0 Å². The number of nitrogens with zero attached hydrogens (tertiary/aromatic N) is 1. The third-order valence-corrected chi connectivity index (χ3v) is 3.42. The van der Waals surface area contributed by atoms with Gasteiger partial charge < -0.3 is 9.32 Å². The summed E-state index contributed by atoms with van der Waals surface area (Å²) in [5, 5.41) is 1.00. The molecule has 20 heavy (non-hydrogen) atoms. The number of hydrogen-bond donors (Lipinski definition) is 0. The Bertz CT molecular complexity index is 731. The third kappa shape index (κ3) is 2.30. The normalized spacial score (nSPS) is 10.7. The molecule has 0 aliphatic heterocycles. The number of benzene rings is 2. The number of hydrogen-bond acceptors (Lipinski definition) is 2. The summed E-state index contributed by atoms with van der Waals surface area (Å²) in [6.45, 7) is 0. The van der Waals surface area contributed by atoms with E-state index in [-0.39, 0.29) is 5.91 Å². The van der Waals surface area contributed by atoms with E-state index in [1.54, 1.807) is 18.2 Å². The molecule has 0 saturated carbocycles. The highest BCUT2D eigenvalue weighted by atomic mass is 16.3. The van der Waals surface area contributed by atoms with Crippen LogP contribution < -0.4 is 4.90 Å². The molecule has 0 atom stereocenters. The van der Waals surface area contributed by atoms with E-state index < -0.39 is 0 Å². The zero-order valence-corrected chi connectivity index (χ0v) is 11.2. The molecular formula is C17H15NO2. The first-order valence-electron chi connectivity index (χ1n) is 6.52. The molecule has 0 unspecified atom stereocenters. The van der Waals surface area contributed by atoms with E-state index in [1.807, 2.05) is 54.6 Å². The maximum absolute atomic E-state index is 12.3. The Labute approximate surface area is 117 Å². The number of anilines is 1. The highest BCUT2D eigenvalue weighted by molar-refractivity contribution is 5.96. The Morgan fingerprint density at radius 3 is 2.55 bits per heavy atom. The molecule has 2 aromatic carbocycles. The molecule has 100 valence electrons. The number of likely N-dealkylation sites (N-methyl/N-ethyl adjacent to an activating group) is 1. The number of amides is 1. The lowest BCUT2D eigenvalue weighted by molar-refractivity contribution is -0.117. The summed E-state index contributed by atoms with van der Waals surface area (Å²) in [4.78, 5) is 14.0. The second kappa shape index (κ2) is 5.21. The monoisotopic (exact) mass is 265 g/mol. The summed E-state index contributed by atoms with van der Waals surface area (Å²) in [5.74, 6) is 0.0442. The lowest BCUT2D eigenvalue weighted by atomic mass is 10.1. The summed E-state index contributed by atoms with van der Waals surface area (Å²) in [6.07, 6.45) is 2.00. The molecule has 0 saturated heterocycles. The quantitative estimate of drug-likeness (QED) is 0.724. The second-order valence-corrected chi connectivity index (χ2v) is 4.72. The molecule has 3 nitrogen and oxygen atoms in total. The summed E-state index contributed by atoms with van der Waals surface area (Å²) in [6, 6.07) is 17.4. The summed E-state index contributed by atoms with van der Waals surface area (Å²) >= 11 is 0. The van der Waals surface area contributed by atoms with Gasteiger partial charge in [-0.2, -0.15) is 0 Å². The van der Waals surface area contributed by atoms with E-state index in [9.17, 15) is 4.79 Å². The van der Waals surface area contributed by atoms with Gasteiger partial charge in [0.15, 0.2) is 0 Å². The van der Waals surface area contributed by atoms with Gasteiger partial charge in [-0.15, -0.1) is 0 Å². The van der Waals surface area contributed by atoms with Crippen LogP contribution in [0.4, 0.5) is 5.69 Å². The van der Waals surface area contributed by atoms with Crippen molar-refractivity contribution in [2.24, 2.45) is 0 Å². The highest BCUT2D eigenvalue weighted by Crippen LogP contribution is 2.22. The molecule has 1 amide bonds. The molecule has 0 radical (unpaired) electrons. The number of carbonyl (C=O) groups excluding carboxylic acids is 1. The van der Waals surface area contributed by atoms with Gasteiger partial charge in [-0.3, -0.25) is 4.79 Å². The first-order chi connectivity index (χ1) is 9.75. The zero-order chi connectivity index (χ0) is 13.9. The van der Waals surface area contributed by atoms with Gasteiger partial charge in [0.05, 0.1) is 12.7 Å². The maximum atomic E-state index is 12.3. The molecule has 0 bridgehead atoms. The van der Waals surface area contributed by atoms with Gasteiger partial charge in [0, 0.05) is 23.7 Å². The minimum atomic E-state index is 0.0442. The maximum Gasteiger partial charge on any atom is 0.231 e. The fourth-order valence-electron chi connectivity index (χ4n) is 2.25. The van der Waals surface area contributed by atoms with Crippen molar-refractivity contribution in [2.75, 3.05) is 11.9 Å². The van der Waals surface area contributed by atoms with Gasteiger partial charge in [0.2, 0.25) is 5.91 Å². The molecular weight excluding hydrogens is 250 g/mol. The van der Waals surface area contributed by atoms with Crippen LogP contribution in [0.3, 0.4) is 0 Å². The van der Waals surface area contributed by atoms with Crippen molar-refractivity contribution < 1.29 is 9.21 Å². The Hall–Kier alpha value is -2.55. The molecule has 3 heteroatoms. The van der Waals surface area contributed by atoms with Crippen LogP contribution in [0.25, 0.3) is 11.0 Å².